The quantitative estimate of drug-likeness (QED) is 0.510. The summed E-state index contributed by atoms with van der Waals surface area (Å²) in [7, 11) is 1.61. The Labute approximate surface area is 192 Å². The molecule has 1 amide bonds. The lowest BCUT2D eigenvalue weighted by molar-refractivity contribution is 0.103. The molecule has 174 valence electrons. The van der Waals surface area contributed by atoms with Gasteiger partial charge in [-0.1, -0.05) is 30.3 Å². The van der Waals surface area contributed by atoms with Crippen LogP contribution in [-0.4, -0.2) is 71.6 Å². The van der Waals surface area contributed by atoms with Crippen LogP contribution in [0.15, 0.2) is 54.9 Å². The third-order valence-corrected chi connectivity index (χ3v) is 5.48. The number of rotatable bonds is 9. The minimum atomic E-state index is -0.711. The highest BCUT2D eigenvalue weighted by Gasteiger charge is 2.26. The van der Waals surface area contributed by atoms with Crippen molar-refractivity contribution in [3.05, 3.63) is 60.4 Å². The molecule has 4 rings (SSSR count). The number of fused-ring (bicyclic) bond motifs is 1. The average Bonchev–Trinajstić information content (AvgIpc) is 3.28. The van der Waals surface area contributed by atoms with Crippen LogP contribution in [0, 0.1) is 0 Å². The summed E-state index contributed by atoms with van der Waals surface area (Å²) in [5.41, 5.74) is 1.70. The Bertz CT molecular complexity index is 1070. The van der Waals surface area contributed by atoms with Crippen LogP contribution in [0.4, 0.5) is 4.79 Å². The topological polar surface area (TPSA) is 106 Å². The maximum atomic E-state index is 11.9. The van der Waals surface area contributed by atoms with E-state index in [0.717, 1.165) is 29.4 Å². The molecule has 1 aromatic heterocycles. The molecule has 3 aromatic rings. The first kappa shape index (κ1) is 22.8. The predicted molar refractivity (Wildman–Crippen MR) is 122 cm³/mol. The molecule has 1 aliphatic heterocycles. The standard InChI is InChI=1S/C24H28N4O5/c1-31-19-7-8-22-21(11-19)23(27-16-26-22)33-20-9-10-28(14-20)13-18(29)12-25-24(30)32-15-17-5-3-2-4-6-17/h2-8,11,16,18,20,29H,9-10,12-15H2,1H3,(H,25,30)/t18-,20-/m0/s1. The largest absolute Gasteiger partial charge is 0.497 e. The van der Waals surface area contributed by atoms with Crippen LogP contribution in [0.2, 0.25) is 0 Å². The summed E-state index contributed by atoms with van der Waals surface area (Å²) < 4.78 is 16.6. The number of amides is 1. The number of aliphatic hydroxyl groups excluding tert-OH is 1. The Hall–Kier alpha value is -3.43. The SMILES string of the molecule is COc1ccc2ncnc(O[C@H]3CCN(C[C@@H](O)CNC(=O)OCc4ccccc4)C3)c2c1. The fraction of sp³-hybridized carbons (Fsp3) is 0.375. The number of carbonyl (C=O) groups excluding carboxylic acids is 1. The molecule has 33 heavy (non-hydrogen) atoms. The van der Waals surface area contributed by atoms with E-state index in [0.29, 0.717) is 24.7 Å². The van der Waals surface area contributed by atoms with Crippen molar-refractivity contribution >= 4 is 17.0 Å². The summed E-state index contributed by atoms with van der Waals surface area (Å²) in [6.07, 6.45) is 0.992. The molecule has 9 heteroatoms. The molecule has 0 saturated carbocycles. The fourth-order valence-electron chi connectivity index (χ4n) is 3.79. The highest BCUT2D eigenvalue weighted by molar-refractivity contribution is 5.84. The van der Waals surface area contributed by atoms with Gasteiger partial charge in [0.1, 0.15) is 24.8 Å². The Morgan fingerprint density at radius 3 is 2.91 bits per heavy atom. The lowest BCUT2D eigenvalue weighted by Crippen LogP contribution is -2.40. The predicted octanol–water partition coefficient (Wildman–Crippen LogP) is 2.38. The van der Waals surface area contributed by atoms with Gasteiger partial charge < -0.3 is 24.6 Å². The van der Waals surface area contributed by atoms with E-state index in [-0.39, 0.29) is 19.3 Å². The number of aromatic nitrogens is 2. The smallest absolute Gasteiger partial charge is 0.407 e. The number of nitrogens with one attached hydrogen (secondary N) is 1. The highest BCUT2D eigenvalue weighted by atomic mass is 16.5. The van der Waals surface area contributed by atoms with Crippen molar-refractivity contribution in [2.24, 2.45) is 0 Å². The number of likely N-dealkylation sites (tertiary alicyclic amines) is 1. The third kappa shape index (κ3) is 6.30. The Morgan fingerprint density at radius 1 is 1.24 bits per heavy atom. The van der Waals surface area contributed by atoms with Crippen LogP contribution in [0.25, 0.3) is 10.9 Å². The fourth-order valence-corrected chi connectivity index (χ4v) is 3.79. The molecule has 0 bridgehead atoms. The van der Waals surface area contributed by atoms with E-state index < -0.39 is 12.2 Å². The second-order valence-electron chi connectivity index (χ2n) is 7.95. The number of benzene rings is 2. The van der Waals surface area contributed by atoms with E-state index in [1.807, 2.05) is 48.5 Å². The molecule has 2 heterocycles. The summed E-state index contributed by atoms with van der Waals surface area (Å²) in [4.78, 5) is 22.6. The molecule has 1 fully saturated rings. The van der Waals surface area contributed by atoms with Crippen LogP contribution in [-0.2, 0) is 11.3 Å². The van der Waals surface area contributed by atoms with E-state index in [1.165, 1.54) is 6.33 Å². The minimum Gasteiger partial charge on any atom is -0.497 e. The summed E-state index contributed by atoms with van der Waals surface area (Å²) in [6, 6.07) is 15.0. The van der Waals surface area contributed by atoms with Crippen LogP contribution in [0.3, 0.4) is 0 Å². The average molecular weight is 453 g/mol. The van der Waals surface area contributed by atoms with E-state index >= 15 is 0 Å². The van der Waals surface area contributed by atoms with Gasteiger partial charge in [-0.3, -0.25) is 4.90 Å². The van der Waals surface area contributed by atoms with Gasteiger partial charge in [-0.25, -0.2) is 14.8 Å². The lowest BCUT2D eigenvalue weighted by atomic mass is 10.2. The van der Waals surface area contributed by atoms with Crippen molar-refractivity contribution in [3.8, 4) is 11.6 Å². The van der Waals surface area contributed by atoms with Crippen LogP contribution in [0.1, 0.15) is 12.0 Å². The number of β-amino-alcohol motifs (C(OH)–C–C–N with tert-alkyl or cyclic N) is 1. The van der Waals surface area contributed by atoms with Crippen molar-refractivity contribution in [2.45, 2.75) is 25.2 Å². The number of carbonyl (C=O) groups is 1. The number of alkyl carbamates (subject to hydrolysis) is 1. The van der Waals surface area contributed by atoms with Gasteiger partial charge in [-0.2, -0.15) is 0 Å². The van der Waals surface area contributed by atoms with E-state index in [4.69, 9.17) is 14.2 Å². The van der Waals surface area contributed by atoms with E-state index in [9.17, 15) is 9.90 Å². The van der Waals surface area contributed by atoms with Gasteiger partial charge in [0.05, 0.1) is 24.1 Å². The van der Waals surface area contributed by atoms with Crippen molar-refractivity contribution in [2.75, 3.05) is 33.3 Å². The normalized spacial score (nSPS) is 17.0. The van der Waals surface area contributed by atoms with Gasteiger partial charge in [0.25, 0.3) is 0 Å². The molecule has 0 spiro atoms. The van der Waals surface area contributed by atoms with Crippen molar-refractivity contribution in [1.29, 1.82) is 0 Å². The Balaban J connectivity index is 1.21. The number of hydrogen-bond acceptors (Lipinski definition) is 8. The second kappa shape index (κ2) is 10.9. The molecule has 1 aliphatic rings. The third-order valence-electron chi connectivity index (χ3n) is 5.48. The number of methoxy groups -OCH3 is 1. The summed E-state index contributed by atoms with van der Waals surface area (Å²) in [5.74, 6) is 1.24. The van der Waals surface area contributed by atoms with Crippen molar-refractivity contribution in [1.82, 2.24) is 20.2 Å². The number of hydrogen-bond donors (Lipinski definition) is 2. The van der Waals surface area contributed by atoms with Gasteiger partial charge >= 0.3 is 6.09 Å². The number of nitrogens with zero attached hydrogens (tertiary/aromatic N) is 3. The second-order valence-corrected chi connectivity index (χ2v) is 7.95. The van der Waals surface area contributed by atoms with Crippen molar-refractivity contribution in [3.63, 3.8) is 0 Å². The van der Waals surface area contributed by atoms with E-state index in [1.54, 1.807) is 7.11 Å². The first-order valence-corrected chi connectivity index (χ1v) is 10.9. The number of ether oxygens (including phenoxy) is 3. The maximum Gasteiger partial charge on any atom is 0.407 e. The maximum absolute atomic E-state index is 11.9. The molecule has 2 atom stereocenters. The molecule has 2 N–H and O–H groups in total. The zero-order valence-corrected chi connectivity index (χ0v) is 18.5. The molecule has 2 aromatic carbocycles. The molecule has 0 unspecified atom stereocenters. The number of aliphatic hydroxyl groups is 1. The Morgan fingerprint density at radius 2 is 2.09 bits per heavy atom. The minimum absolute atomic E-state index is 0.0507. The molecule has 0 radical (unpaired) electrons. The summed E-state index contributed by atoms with van der Waals surface area (Å²) in [6.45, 7) is 2.18. The summed E-state index contributed by atoms with van der Waals surface area (Å²) in [5, 5.41) is 13.7. The van der Waals surface area contributed by atoms with Gasteiger partial charge in [0.2, 0.25) is 5.88 Å². The van der Waals surface area contributed by atoms with Gasteiger partial charge in [0, 0.05) is 26.2 Å². The van der Waals surface area contributed by atoms with Crippen LogP contribution < -0.4 is 14.8 Å². The van der Waals surface area contributed by atoms with Crippen LogP contribution >= 0.6 is 0 Å². The monoisotopic (exact) mass is 452 g/mol. The van der Waals surface area contributed by atoms with Gasteiger partial charge in [0.15, 0.2) is 0 Å². The zero-order chi connectivity index (χ0) is 23.0. The van der Waals surface area contributed by atoms with Crippen LogP contribution in [0.5, 0.6) is 11.6 Å². The summed E-state index contributed by atoms with van der Waals surface area (Å²) >= 11 is 0. The van der Waals surface area contributed by atoms with Crippen molar-refractivity contribution < 1.29 is 24.1 Å². The molecular weight excluding hydrogens is 424 g/mol. The van der Waals surface area contributed by atoms with Gasteiger partial charge in [-0.05, 0) is 30.2 Å². The van der Waals surface area contributed by atoms with E-state index in [2.05, 4.69) is 20.2 Å². The zero-order valence-electron chi connectivity index (χ0n) is 18.5. The first-order chi connectivity index (χ1) is 16.1. The molecule has 9 nitrogen and oxygen atoms in total. The lowest BCUT2D eigenvalue weighted by Gasteiger charge is -2.20. The molecule has 0 aliphatic carbocycles. The highest BCUT2D eigenvalue weighted by Crippen LogP contribution is 2.27. The van der Waals surface area contributed by atoms with Gasteiger partial charge in [-0.15, -0.1) is 0 Å². The molecule has 1 saturated heterocycles. The first-order valence-electron chi connectivity index (χ1n) is 10.9. The Kier molecular flexibility index (Phi) is 7.54. The molecular formula is C24H28N4O5.